The Bertz CT molecular complexity index is 932. The number of rotatable bonds is 2. The molecule has 4 aliphatic heterocycles. The molecule has 4 nitrogen and oxygen atoms in total. The van der Waals surface area contributed by atoms with Crippen LogP contribution in [0.15, 0.2) is 48.5 Å². The van der Waals surface area contributed by atoms with Crippen molar-refractivity contribution in [1.82, 2.24) is 9.80 Å². The fourth-order valence-corrected chi connectivity index (χ4v) is 6.51. The molecule has 2 aromatic rings. The first kappa shape index (κ1) is 18.4. The summed E-state index contributed by atoms with van der Waals surface area (Å²) in [5, 5.41) is 0. The van der Waals surface area contributed by atoms with Crippen molar-refractivity contribution in [2.24, 2.45) is 17.8 Å². The minimum absolute atomic E-state index is 0.0383. The first-order valence-electron chi connectivity index (χ1n) is 11.2. The molecule has 2 unspecified atom stereocenters. The molecule has 0 aromatic heterocycles. The Morgan fingerprint density at radius 2 is 1.70 bits per heavy atom. The Morgan fingerprint density at radius 1 is 0.967 bits per heavy atom. The minimum Gasteiger partial charge on any atom is -0.445 e. The lowest BCUT2D eigenvalue weighted by molar-refractivity contribution is -0.119. The van der Waals surface area contributed by atoms with Gasteiger partial charge < -0.3 is 9.64 Å². The van der Waals surface area contributed by atoms with E-state index in [1.165, 1.54) is 37.1 Å². The molecule has 5 heteroatoms. The monoisotopic (exact) mass is 406 g/mol. The van der Waals surface area contributed by atoms with Crippen LogP contribution in [0.3, 0.4) is 0 Å². The Morgan fingerprint density at radius 3 is 2.43 bits per heavy atom. The fourth-order valence-electron chi connectivity index (χ4n) is 6.51. The van der Waals surface area contributed by atoms with Crippen molar-refractivity contribution in [3.63, 3.8) is 0 Å². The van der Waals surface area contributed by atoms with Crippen molar-refractivity contribution in [3.8, 4) is 0 Å². The molecule has 30 heavy (non-hydrogen) atoms. The normalized spacial score (nSPS) is 34.0. The Hall–Kier alpha value is -2.40. The molecular formula is C25H27FN2O2. The smallest absolute Gasteiger partial charge is 0.410 e. The van der Waals surface area contributed by atoms with Crippen LogP contribution in [0.5, 0.6) is 0 Å². The van der Waals surface area contributed by atoms with E-state index in [9.17, 15) is 9.18 Å². The summed E-state index contributed by atoms with van der Waals surface area (Å²) in [6, 6.07) is 14.6. The van der Waals surface area contributed by atoms with E-state index in [1.54, 1.807) is 12.1 Å². The first-order valence-corrected chi connectivity index (χ1v) is 11.2. The van der Waals surface area contributed by atoms with Crippen LogP contribution in [0, 0.1) is 23.6 Å². The van der Waals surface area contributed by atoms with Crippen LogP contribution in [-0.2, 0) is 11.2 Å². The van der Waals surface area contributed by atoms with E-state index >= 15 is 0 Å². The quantitative estimate of drug-likeness (QED) is 0.748. The number of hydrogen-bond acceptors (Lipinski definition) is 3. The zero-order valence-corrected chi connectivity index (χ0v) is 17.0. The van der Waals surface area contributed by atoms with Crippen molar-refractivity contribution in [3.05, 3.63) is 71.0 Å². The molecule has 2 aromatic carbocycles. The number of carbonyl (C=O) groups is 1. The van der Waals surface area contributed by atoms with Crippen molar-refractivity contribution in [2.45, 2.75) is 31.4 Å². The van der Waals surface area contributed by atoms with Crippen LogP contribution >= 0.6 is 0 Å². The Labute approximate surface area is 176 Å². The van der Waals surface area contributed by atoms with Crippen molar-refractivity contribution in [1.29, 1.82) is 0 Å². The second-order valence-corrected chi connectivity index (χ2v) is 9.52. The third-order valence-corrected chi connectivity index (χ3v) is 7.64. The van der Waals surface area contributed by atoms with Crippen LogP contribution in [0.1, 0.15) is 35.6 Å². The highest BCUT2D eigenvalue weighted by atomic mass is 19.1. The number of halogens is 1. The molecule has 0 spiro atoms. The average Bonchev–Trinajstić information content (AvgIpc) is 2.75. The molecule has 1 aliphatic carbocycles. The summed E-state index contributed by atoms with van der Waals surface area (Å²) in [5.41, 5.74) is 3.29. The molecule has 156 valence electrons. The largest absolute Gasteiger partial charge is 0.445 e. The zero-order chi connectivity index (χ0) is 20.2. The van der Waals surface area contributed by atoms with Gasteiger partial charge in [-0.25, -0.2) is 9.18 Å². The van der Waals surface area contributed by atoms with Gasteiger partial charge in [-0.2, -0.15) is 0 Å². The van der Waals surface area contributed by atoms with Crippen molar-refractivity contribution in [2.75, 3.05) is 26.2 Å². The second-order valence-electron chi connectivity index (χ2n) is 9.52. The fraction of sp³-hybridized carbons (Fsp3) is 0.480. The summed E-state index contributed by atoms with van der Waals surface area (Å²) >= 11 is 0. The Kier molecular flexibility index (Phi) is 4.34. The van der Waals surface area contributed by atoms with E-state index < -0.39 is 0 Å². The number of amides is 1. The van der Waals surface area contributed by atoms with Gasteiger partial charge in [0.15, 0.2) is 0 Å². The number of piperidine rings is 3. The van der Waals surface area contributed by atoms with Gasteiger partial charge in [-0.3, -0.25) is 4.90 Å². The van der Waals surface area contributed by atoms with Gasteiger partial charge in [0.05, 0.1) is 6.04 Å². The lowest BCUT2D eigenvalue weighted by Gasteiger charge is -2.55. The van der Waals surface area contributed by atoms with Gasteiger partial charge in [0, 0.05) is 38.0 Å². The Balaban J connectivity index is 1.29. The number of carbonyl (C=O) groups excluding carboxylic acids is 1. The third-order valence-electron chi connectivity index (χ3n) is 7.64. The molecule has 3 saturated heterocycles. The highest BCUT2D eigenvalue weighted by molar-refractivity contribution is 5.70. The van der Waals surface area contributed by atoms with E-state index in [0.29, 0.717) is 18.4 Å². The molecule has 0 N–H and O–H groups in total. The van der Waals surface area contributed by atoms with Gasteiger partial charge in [-0.1, -0.05) is 36.4 Å². The van der Waals surface area contributed by atoms with Crippen molar-refractivity contribution >= 4 is 6.09 Å². The number of hydrogen-bond donors (Lipinski definition) is 0. The van der Waals surface area contributed by atoms with Crippen LogP contribution in [0.25, 0.3) is 0 Å². The number of benzene rings is 2. The molecular weight excluding hydrogens is 379 g/mol. The van der Waals surface area contributed by atoms with Gasteiger partial charge >= 0.3 is 6.09 Å². The molecule has 4 fully saturated rings. The minimum atomic E-state index is -0.263. The van der Waals surface area contributed by atoms with E-state index in [-0.39, 0.29) is 24.1 Å². The molecule has 5 aliphatic rings. The van der Waals surface area contributed by atoms with Crippen LogP contribution < -0.4 is 0 Å². The maximum Gasteiger partial charge on any atom is 0.410 e. The van der Waals surface area contributed by atoms with Gasteiger partial charge in [0.2, 0.25) is 0 Å². The summed E-state index contributed by atoms with van der Waals surface area (Å²) in [5.74, 6) is 1.47. The SMILES string of the molecule is O=C(OC1C2CC3CC1CN(C3)C2)N1CCc2ccccc2[C@@H]1c1ccc(F)cc1. The van der Waals surface area contributed by atoms with Crippen molar-refractivity contribution < 1.29 is 13.9 Å². The summed E-state index contributed by atoms with van der Waals surface area (Å²) in [4.78, 5) is 17.9. The third kappa shape index (κ3) is 3.02. The summed E-state index contributed by atoms with van der Waals surface area (Å²) in [7, 11) is 0. The topological polar surface area (TPSA) is 32.8 Å². The van der Waals surface area contributed by atoms with Gasteiger partial charge in [0.25, 0.3) is 0 Å². The highest BCUT2D eigenvalue weighted by Crippen LogP contribution is 2.45. The molecule has 4 bridgehead atoms. The van der Waals surface area contributed by atoms with E-state index in [2.05, 4.69) is 17.0 Å². The lowest BCUT2D eigenvalue weighted by atomic mass is 9.66. The summed E-state index contributed by atoms with van der Waals surface area (Å²) in [6.45, 7) is 3.97. The molecule has 4 heterocycles. The van der Waals surface area contributed by atoms with Crippen LogP contribution in [-0.4, -0.2) is 48.2 Å². The number of nitrogens with zero attached hydrogens (tertiary/aromatic N) is 2. The summed E-state index contributed by atoms with van der Waals surface area (Å²) < 4.78 is 19.8. The number of ether oxygens (including phenoxy) is 1. The molecule has 7 rings (SSSR count). The maximum atomic E-state index is 13.6. The molecule has 1 amide bonds. The first-order chi connectivity index (χ1) is 14.7. The lowest BCUT2D eigenvalue weighted by Crippen LogP contribution is -2.61. The van der Waals surface area contributed by atoms with Gasteiger partial charge in [-0.15, -0.1) is 0 Å². The molecule has 0 radical (unpaired) electrons. The van der Waals surface area contributed by atoms with E-state index in [1.807, 2.05) is 17.0 Å². The molecule has 3 atom stereocenters. The molecule has 1 saturated carbocycles. The van der Waals surface area contributed by atoms with Gasteiger partial charge in [0.1, 0.15) is 11.9 Å². The van der Waals surface area contributed by atoms with Gasteiger partial charge in [-0.05, 0) is 54.0 Å². The zero-order valence-electron chi connectivity index (χ0n) is 17.0. The second kappa shape index (κ2) is 7.09. The van der Waals surface area contributed by atoms with Crippen LogP contribution in [0.4, 0.5) is 9.18 Å². The van der Waals surface area contributed by atoms with E-state index in [4.69, 9.17) is 4.74 Å². The van der Waals surface area contributed by atoms with E-state index in [0.717, 1.165) is 36.6 Å². The predicted octanol–water partition coefficient (Wildman–Crippen LogP) is 4.25. The maximum absolute atomic E-state index is 13.6. The average molecular weight is 407 g/mol. The highest BCUT2D eigenvalue weighted by Gasteiger charge is 2.50. The summed E-state index contributed by atoms with van der Waals surface area (Å²) in [6.07, 6.45) is 3.02. The number of fused-ring (bicyclic) bond motifs is 1. The standard InChI is InChI=1S/C25H27FN2O2/c26-21-7-5-18(6-8-21)23-22-4-2-1-3-17(22)9-10-28(23)25(29)30-24-19-11-16-12-20(24)15-27(13-16)14-19/h1-8,16,19-20,23-24H,9-15H2/t16?,19?,20?,23-,24?/m0/s1. The predicted molar refractivity (Wildman–Crippen MR) is 112 cm³/mol. The van der Waals surface area contributed by atoms with Crippen LogP contribution in [0.2, 0.25) is 0 Å².